The van der Waals surface area contributed by atoms with Crippen molar-refractivity contribution in [3.05, 3.63) is 41.3 Å². The van der Waals surface area contributed by atoms with Crippen LogP contribution in [-0.2, 0) is 26.1 Å². The van der Waals surface area contributed by atoms with Gasteiger partial charge < -0.3 is 4.74 Å². The fraction of sp³-hybridized carbons (Fsp3) is 0.250. The van der Waals surface area contributed by atoms with Gasteiger partial charge in [-0.1, -0.05) is 18.2 Å². The second-order valence-corrected chi connectivity index (χ2v) is 6.72. The molecule has 0 bridgehead atoms. The number of hydrogen-bond acceptors (Lipinski definition) is 4. The zero-order valence-electron chi connectivity index (χ0n) is 11.3. The number of ether oxygens (including phenoxy) is 1. The molecule has 1 rings (SSSR count). The van der Waals surface area contributed by atoms with Gasteiger partial charge in [-0.2, -0.15) is 8.42 Å². The average Bonchev–Trinajstić information content (AvgIpc) is 2.27. The summed E-state index contributed by atoms with van der Waals surface area (Å²) in [6.45, 7) is 1.78. The van der Waals surface area contributed by atoms with Crippen LogP contribution in [0.25, 0.3) is 0 Å². The van der Waals surface area contributed by atoms with Crippen LogP contribution in [0.2, 0.25) is 0 Å². The molecule has 0 radical (unpaired) electrons. The zero-order chi connectivity index (χ0) is 15.8. The highest BCUT2D eigenvalue weighted by Gasteiger charge is 2.10. The molecule has 0 fully saturated rings. The summed E-state index contributed by atoms with van der Waals surface area (Å²) >= 11 is 0. The Morgan fingerprint density at radius 1 is 1.20 bits per heavy atom. The van der Waals surface area contributed by atoms with Gasteiger partial charge in [-0.15, -0.1) is 0 Å². The van der Waals surface area contributed by atoms with Gasteiger partial charge in [0.05, 0.1) is 5.57 Å². The lowest BCUT2D eigenvalue weighted by Gasteiger charge is -2.02. The molecule has 0 aromatic heterocycles. The van der Waals surface area contributed by atoms with Crippen molar-refractivity contribution in [2.75, 3.05) is 12.5 Å². The summed E-state index contributed by atoms with van der Waals surface area (Å²) in [6.07, 6.45) is 4.11. The van der Waals surface area contributed by atoms with Crippen molar-refractivity contribution < 1.29 is 27.1 Å². The minimum atomic E-state index is -4.67. The van der Waals surface area contributed by atoms with E-state index in [9.17, 15) is 4.79 Å². The fourth-order valence-corrected chi connectivity index (χ4v) is 1.88. The molecular weight excluding hydrogens is 304 g/mol. The van der Waals surface area contributed by atoms with Crippen LogP contribution in [-0.4, -0.2) is 36.0 Å². The van der Waals surface area contributed by atoms with Gasteiger partial charge in [-0.25, -0.2) is 4.79 Å². The molecule has 1 aromatic carbocycles. The summed E-state index contributed by atoms with van der Waals surface area (Å²) in [7, 11) is -4.55. The Morgan fingerprint density at radius 2 is 1.65 bits per heavy atom. The van der Waals surface area contributed by atoms with Gasteiger partial charge in [0, 0.05) is 10.9 Å². The normalized spacial score (nSPS) is 11.6. The van der Waals surface area contributed by atoms with Crippen LogP contribution in [0.15, 0.2) is 41.3 Å². The van der Waals surface area contributed by atoms with Crippen LogP contribution in [0.4, 0.5) is 0 Å². The molecule has 0 atom stereocenters. The third-order valence-electron chi connectivity index (χ3n) is 1.69. The highest BCUT2D eigenvalue weighted by atomic mass is 32.3. The lowest BCUT2D eigenvalue weighted by molar-refractivity contribution is -0.130. The van der Waals surface area contributed by atoms with Gasteiger partial charge in [0.25, 0.3) is 0 Å². The summed E-state index contributed by atoms with van der Waals surface area (Å²) in [5, 5.41) is 1.92. The van der Waals surface area contributed by atoms with E-state index >= 15 is 0 Å². The quantitative estimate of drug-likeness (QED) is 0.289. The Hall–Kier alpha value is -1.35. The van der Waals surface area contributed by atoms with E-state index in [1.807, 2.05) is 23.6 Å². The van der Waals surface area contributed by atoms with Crippen molar-refractivity contribution in [2.24, 2.45) is 0 Å². The fourth-order valence-electron chi connectivity index (χ4n) is 1.08. The summed E-state index contributed by atoms with van der Waals surface area (Å²) in [6, 6.07) is 9.10. The standard InChI is InChI=1S/C12H15O2S.H2O4S/c1-10(9-15(2)3)12(13)14-11-7-5-4-6-8-11;1-5(2,3)4/h4-9H,1-3H3;(H2,1,2,3,4)/q+1;. The molecule has 0 spiro atoms. The average molecular weight is 321 g/mol. The number of benzene rings is 1. The van der Waals surface area contributed by atoms with Crippen molar-refractivity contribution in [1.29, 1.82) is 0 Å². The smallest absolute Gasteiger partial charge is 0.394 e. The van der Waals surface area contributed by atoms with Crippen LogP contribution in [0, 0.1) is 0 Å². The van der Waals surface area contributed by atoms with E-state index in [2.05, 4.69) is 12.5 Å². The van der Waals surface area contributed by atoms with Gasteiger partial charge in [0.15, 0.2) is 0 Å². The molecule has 112 valence electrons. The molecule has 0 aliphatic rings. The number of rotatable bonds is 3. The lowest BCUT2D eigenvalue weighted by atomic mass is 10.3. The molecule has 0 amide bonds. The van der Waals surface area contributed by atoms with E-state index in [-0.39, 0.29) is 16.9 Å². The summed E-state index contributed by atoms with van der Waals surface area (Å²) < 4.78 is 36.8. The van der Waals surface area contributed by atoms with E-state index in [4.69, 9.17) is 22.3 Å². The summed E-state index contributed by atoms with van der Waals surface area (Å²) in [5.74, 6) is 0.310. The van der Waals surface area contributed by atoms with Gasteiger partial charge in [0.2, 0.25) is 0 Å². The molecule has 0 aliphatic carbocycles. The highest BCUT2D eigenvalue weighted by molar-refractivity contribution is 7.98. The maximum atomic E-state index is 11.6. The second-order valence-electron chi connectivity index (χ2n) is 3.83. The number of carbonyl (C=O) groups excluding carboxylic acids is 1. The zero-order valence-corrected chi connectivity index (χ0v) is 12.9. The molecule has 0 heterocycles. The number of carbonyl (C=O) groups is 1. The Balaban J connectivity index is 0.000000621. The molecule has 8 heteroatoms. The molecule has 0 unspecified atom stereocenters. The molecule has 20 heavy (non-hydrogen) atoms. The maximum absolute atomic E-state index is 11.6. The third-order valence-corrected chi connectivity index (χ3v) is 2.51. The van der Waals surface area contributed by atoms with Crippen LogP contribution in [0.5, 0.6) is 5.75 Å². The van der Waals surface area contributed by atoms with Crippen LogP contribution < -0.4 is 4.74 Å². The third kappa shape index (κ3) is 11.7. The summed E-state index contributed by atoms with van der Waals surface area (Å²) in [5.41, 5.74) is 0.659. The van der Waals surface area contributed by atoms with E-state index in [0.717, 1.165) is 0 Å². The number of para-hydroxylation sites is 1. The Morgan fingerprint density at radius 3 is 2.05 bits per heavy atom. The predicted octanol–water partition coefficient (Wildman–Crippen LogP) is 1.72. The van der Waals surface area contributed by atoms with Crippen molar-refractivity contribution in [3.8, 4) is 5.75 Å². The first kappa shape index (κ1) is 18.7. The molecule has 0 aliphatic heterocycles. The van der Waals surface area contributed by atoms with E-state index in [1.165, 1.54) is 0 Å². The van der Waals surface area contributed by atoms with Crippen molar-refractivity contribution in [3.63, 3.8) is 0 Å². The Labute approximate surface area is 121 Å². The van der Waals surface area contributed by atoms with E-state index in [1.54, 1.807) is 19.1 Å². The molecule has 6 nitrogen and oxygen atoms in total. The maximum Gasteiger partial charge on any atom is 0.394 e. The van der Waals surface area contributed by atoms with Crippen LogP contribution >= 0.6 is 0 Å². The first-order valence-corrected chi connectivity index (χ1v) is 8.81. The lowest BCUT2D eigenvalue weighted by Crippen LogP contribution is -2.10. The number of esters is 1. The molecule has 2 N–H and O–H groups in total. The van der Waals surface area contributed by atoms with Gasteiger partial charge in [0.1, 0.15) is 23.7 Å². The molecule has 0 saturated carbocycles. The van der Waals surface area contributed by atoms with Gasteiger partial charge in [-0.05, 0) is 19.1 Å². The molecule has 0 saturated heterocycles. The SMILES string of the molecule is CC(=C[S+](C)C)C(=O)Oc1ccccc1.O=S(=O)(O)O. The van der Waals surface area contributed by atoms with Crippen molar-refractivity contribution >= 4 is 27.3 Å². The highest BCUT2D eigenvalue weighted by Crippen LogP contribution is 2.11. The Kier molecular flexibility index (Phi) is 8.16. The molecule has 1 aromatic rings. The van der Waals surface area contributed by atoms with Crippen molar-refractivity contribution in [2.45, 2.75) is 6.92 Å². The van der Waals surface area contributed by atoms with Crippen LogP contribution in [0.3, 0.4) is 0 Å². The van der Waals surface area contributed by atoms with Crippen LogP contribution in [0.1, 0.15) is 6.92 Å². The van der Waals surface area contributed by atoms with E-state index in [0.29, 0.717) is 11.3 Å². The first-order chi connectivity index (χ1) is 9.09. The monoisotopic (exact) mass is 321 g/mol. The topological polar surface area (TPSA) is 101 Å². The Bertz CT molecular complexity index is 541. The van der Waals surface area contributed by atoms with Gasteiger partial charge in [-0.3, -0.25) is 9.11 Å². The first-order valence-electron chi connectivity index (χ1n) is 5.31. The summed E-state index contributed by atoms with van der Waals surface area (Å²) in [4.78, 5) is 11.6. The molecular formula is C12H17O6S2+. The largest absolute Gasteiger partial charge is 0.423 e. The van der Waals surface area contributed by atoms with Crippen molar-refractivity contribution in [1.82, 2.24) is 0 Å². The number of hydrogen-bond donors (Lipinski definition) is 2. The minimum absolute atomic E-state index is 0.113. The predicted molar refractivity (Wildman–Crippen MR) is 79.2 cm³/mol. The van der Waals surface area contributed by atoms with E-state index < -0.39 is 10.4 Å². The minimum Gasteiger partial charge on any atom is -0.423 e. The van der Waals surface area contributed by atoms with Gasteiger partial charge >= 0.3 is 16.4 Å². The second kappa shape index (κ2) is 8.75.